The van der Waals surface area contributed by atoms with E-state index in [0.717, 1.165) is 5.52 Å². The summed E-state index contributed by atoms with van der Waals surface area (Å²) in [6.07, 6.45) is 0.602. The predicted molar refractivity (Wildman–Crippen MR) is 86.7 cm³/mol. The lowest BCUT2D eigenvalue weighted by Gasteiger charge is -2.22. The molecule has 1 amide bonds. The highest BCUT2D eigenvalue weighted by atomic mass is 32.1. The normalized spacial score (nSPS) is 20.9. The molecule has 7 heteroatoms. The Balaban J connectivity index is 1.80. The third-order valence-corrected chi connectivity index (χ3v) is 4.38. The van der Waals surface area contributed by atoms with E-state index >= 15 is 0 Å². The quantitative estimate of drug-likeness (QED) is 0.690. The van der Waals surface area contributed by atoms with Crippen LogP contribution in [0.3, 0.4) is 0 Å². The fourth-order valence-electron chi connectivity index (χ4n) is 2.87. The van der Waals surface area contributed by atoms with E-state index in [-0.39, 0.29) is 16.7 Å². The fourth-order valence-corrected chi connectivity index (χ4v) is 3.07. The molecule has 2 heterocycles. The van der Waals surface area contributed by atoms with Crippen molar-refractivity contribution in [3.8, 4) is 0 Å². The summed E-state index contributed by atoms with van der Waals surface area (Å²) >= 11 is 4.94. The van der Waals surface area contributed by atoms with Gasteiger partial charge in [-0.1, -0.05) is 0 Å². The molecule has 1 aliphatic heterocycles. The largest absolute Gasteiger partial charge is 0.466 e. The number of hydrogen-bond acceptors (Lipinski definition) is 5. The number of likely N-dealkylation sites (tertiary alicyclic amines) is 1. The predicted octanol–water partition coefficient (Wildman–Crippen LogP) is 2.91. The Hall–Kier alpha value is -2.15. The molecule has 3 rings (SSSR count). The van der Waals surface area contributed by atoms with Crippen LogP contribution in [0, 0.1) is 10.3 Å². The van der Waals surface area contributed by atoms with Crippen LogP contribution in [0.1, 0.15) is 30.6 Å². The Morgan fingerprint density at radius 1 is 1.48 bits per heavy atom. The molecule has 1 atom stereocenters. The van der Waals surface area contributed by atoms with Gasteiger partial charge in [0, 0.05) is 18.7 Å². The first-order valence-corrected chi connectivity index (χ1v) is 7.93. The SMILES string of the molecule is CCOC(=O)[C@]1(C)CCN(C(=O)c2ccc3[nH]c(=S)oc3c2)C1. The monoisotopic (exact) mass is 334 g/mol. The van der Waals surface area contributed by atoms with Gasteiger partial charge in [-0.15, -0.1) is 0 Å². The second-order valence-electron chi connectivity index (χ2n) is 5.98. The van der Waals surface area contributed by atoms with E-state index in [2.05, 4.69) is 4.98 Å². The number of amides is 1. The topological polar surface area (TPSA) is 75.5 Å². The van der Waals surface area contributed by atoms with Gasteiger partial charge in [0.1, 0.15) is 0 Å². The van der Waals surface area contributed by atoms with E-state index in [0.29, 0.717) is 37.3 Å². The number of H-pyrrole nitrogens is 1. The molecule has 1 aromatic carbocycles. The van der Waals surface area contributed by atoms with Crippen molar-refractivity contribution in [1.82, 2.24) is 9.88 Å². The van der Waals surface area contributed by atoms with Crippen molar-refractivity contribution in [2.24, 2.45) is 5.41 Å². The Labute approximate surface area is 138 Å². The number of esters is 1. The van der Waals surface area contributed by atoms with E-state index in [1.54, 1.807) is 30.0 Å². The number of nitrogens with one attached hydrogen (secondary N) is 1. The number of nitrogens with zero attached hydrogens (tertiary/aromatic N) is 1. The highest BCUT2D eigenvalue weighted by Gasteiger charge is 2.43. The zero-order valence-corrected chi connectivity index (χ0v) is 13.9. The third kappa shape index (κ3) is 2.88. The van der Waals surface area contributed by atoms with Gasteiger partial charge < -0.3 is 19.0 Å². The number of benzene rings is 1. The van der Waals surface area contributed by atoms with E-state index in [1.807, 2.05) is 6.92 Å². The van der Waals surface area contributed by atoms with Crippen LogP contribution in [0.4, 0.5) is 0 Å². The zero-order chi connectivity index (χ0) is 16.6. The summed E-state index contributed by atoms with van der Waals surface area (Å²) < 4.78 is 10.5. The molecule has 0 saturated carbocycles. The first kappa shape index (κ1) is 15.7. The first-order valence-electron chi connectivity index (χ1n) is 7.52. The number of ether oxygens (including phenoxy) is 1. The molecule has 1 aliphatic rings. The molecule has 0 spiro atoms. The van der Waals surface area contributed by atoms with Crippen LogP contribution in [0.5, 0.6) is 0 Å². The first-order chi connectivity index (χ1) is 10.9. The Bertz CT molecular complexity index is 825. The van der Waals surface area contributed by atoms with Gasteiger partial charge in [0.05, 0.1) is 17.5 Å². The summed E-state index contributed by atoms with van der Waals surface area (Å²) in [5, 5.41) is 0. The maximum absolute atomic E-state index is 12.7. The highest BCUT2D eigenvalue weighted by Crippen LogP contribution is 2.32. The minimum atomic E-state index is -0.637. The van der Waals surface area contributed by atoms with Gasteiger partial charge in [-0.2, -0.15) is 0 Å². The minimum absolute atomic E-state index is 0.123. The molecule has 6 nitrogen and oxygen atoms in total. The van der Waals surface area contributed by atoms with Crippen molar-refractivity contribution in [3.63, 3.8) is 0 Å². The van der Waals surface area contributed by atoms with Gasteiger partial charge in [-0.05, 0) is 50.7 Å². The van der Waals surface area contributed by atoms with Crippen LogP contribution in [0.25, 0.3) is 11.1 Å². The number of aromatic nitrogens is 1. The zero-order valence-electron chi connectivity index (χ0n) is 13.0. The van der Waals surface area contributed by atoms with Crippen molar-refractivity contribution < 1.29 is 18.7 Å². The van der Waals surface area contributed by atoms with E-state index < -0.39 is 5.41 Å². The number of hydrogen-bond donors (Lipinski definition) is 1. The lowest BCUT2D eigenvalue weighted by Crippen LogP contribution is -2.36. The molecule has 1 fully saturated rings. The number of rotatable bonds is 3. The van der Waals surface area contributed by atoms with Crippen molar-refractivity contribution in [3.05, 3.63) is 28.6 Å². The van der Waals surface area contributed by atoms with Gasteiger partial charge >= 0.3 is 5.97 Å². The van der Waals surface area contributed by atoms with E-state index in [9.17, 15) is 9.59 Å². The molecule has 0 unspecified atom stereocenters. The van der Waals surface area contributed by atoms with Crippen LogP contribution in [-0.4, -0.2) is 41.5 Å². The minimum Gasteiger partial charge on any atom is -0.466 e. The van der Waals surface area contributed by atoms with Gasteiger partial charge in [0.2, 0.25) is 0 Å². The third-order valence-electron chi connectivity index (χ3n) is 4.20. The average Bonchev–Trinajstić information content (AvgIpc) is 3.09. The standard InChI is InChI=1S/C16H18N2O4S/c1-3-21-14(20)16(2)6-7-18(9-16)13(19)10-4-5-11-12(8-10)22-15(23)17-11/h4-5,8H,3,6-7,9H2,1-2H3,(H,17,23)/t16-/m1/s1. The molecule has 2 aromatic rings. The average molecular weight is 334 g/mol. The number of aromatic amines is 1. The van der Waals surface area contributed by atoms with Gasteiger partial charge in [0.15, 0.2) is 5.58 Å². The van der Waals surface area contributed by atoms with Crippen molar-refractivity contribution in [1.29, 1.82) is 0 Å². The molecule has 0 radical (unpaired) electrons. The van der Waals surface area contributed by atoms with Gasteiger partial charge in [-0.3, -0.25) is 9.59 Å². The number of fused-ring (bicyclic) bond motifs is 1. The molecular formula is C16H18N2O4S. The maximum atomic E-state index is 12.7. The molecule has 122 valence electrons. The number of carbonyl (C=O) groups is 2. The molecule has 0 bridgehead atoms. The van der Waals surface area contributed by atoms with E-state index in [1.165, 1.54) is 0 Å². The van der Waals surface area contributed by atoms with Crippen LogP contribution in [0.15, 0.2) is 22.6 Å². The van der Waals surface area contributed by atoms with Crippen LogP contribution < -0.4 is 0 Å². The summed E-state index contributed by atoms with van der Waals surface area (Å²) in [6, 6.07) is 5.16. The maximum Gasteiger partial charge on any atom is 0.313 e. The second-order valence-corrected chi connectivity index (χ2v) is 6.35. The smallest absolute Gasteiger partial charge is 0.313 e. The van der Waals surface area contributed by atoms with Crippen LogP contribution in [0.2, 0.25) is 0 Å². The lowest BCUT2D eigenvalue weighted by atomic mass is 9.90. The Morgan fingerprint density at radius 2 is 2.26 bits per heavy atom. The summed E-state index contributed by atoms with van der Waals surface area (Å²) in [4.78, 5) is 29.6. The summed E-state index contributed by atoms with van der Waals surface area (Å²) in [5.74, 6) is -0.371. The summed E-state index contributed by atoms with van der Waals surface area (Å²) in [6.45, 7) is 4.86. The van der Waals surface area contributed by atoms with Crippen LogP contribution in [-0.2, 0) is 9.53 Å². The fraction of sp³-hybridized carbons (Fsp3) is 0.438. The van der Waals surface area contributed by atoms with Crippen LogP contribution >= 0.6 is 12.2 Å². The van der Waals surface area contributed by atoms with Gasteiger partial charge in [-0.25, -0.2) is 0 Å². The molecule has 0 aliphatic carbocycles. The van der Waals surface area contributed by atoms with Crippen molar-refractivity contribution >= 4 is 35.2 Å². The molecule has 1 N–H and O–H groups in total. The molecule has 23 heavy (non-hydrogen) atoms. The van der Waals surface area contributed by atoms with Crippen molar-refractivity contribution in [2.45, 2.75) is 20.3 Å². The highest BCUT2D eigenvalue weighted by molar-refractivity contribution is 7.71. The number of carbonyl (C=O) groups excluding carboxylic acids is 2. The molecule has 1 saturated heterocycles. The molecular weight excluding hydrogens is 316 g/mol. The van der Waals surface area contributed by atoms with E-state index in [4.69, 9.17) is 21.4 Å². The lowest BCUT2D eigenvalue weighted by molar-refractivity contribution is -0.153. The number of oxazole rings is 1. The van der Waals surface area contributed by atoms with Crippen molar-refractivity contribution in [2.75, 3.05) is 19.7 Å². The van der Waals surface area contributed by atoms with Gasteiger partial charge in [0.25, 0.3) is 10.7 Å². The molecule has 1 aromatic heterocycles. The Kier molecular flexibility index (Phi) is 3.97. The summed E-state index contributed by atoms with van der Waals surface area (Å²) in [7, 11) is 0. The summed E-state index contributed by atoms with van der Waals surface area (Å²) in [5.41, 5.74) is 1.18. The second kappa shape index (κ2) is 5.81. The Morgan fingerprint density at radius 3 is 3.00 bits per heavy atom.